The predicted octanol–water partition coefficient (Wildman–Crippen LogP) is 5.95. The molecule has 0 radical (unpaired) electrons. The number of hydrogen-bond acceptors (Lipinski definition) is 2. The number of nitrogens with two attached hydrogens (primary N) is 1. The molecule has 2 rings (SSSR count). The molecule has 0 saturated carbocycles. The third-order valence-electron chi connectivity index (χ3n) is 2.44. The van der Waals surface area contributed by atoms with Crippen LogP contribution in [0.3, 0.4) is 0 Å². The number of rotatable bonds is 3. The van der Waals surface area contributed by atoms with Gasteiger partial charge in [0.25, 0.3) is 0 Å². The van der Waals surface area contributed by atoms with Crippen LogP contribution in [0.15, 0.2) is 47.5 Å². The Morgan fingerprint density at radius 2 is 1.62 bits per heavy atom. The molecule has 0 amide bonds. The second kappa shape index (κ2) is 8.76. The van der Waals surface area contributed by atoms with Crippen LogP contribution >= 0.6 is 59.0 Å². The van der Waals surface area contributed by atoms with Crippen LogP contribution in [0.1, 0.15) is 5.56 Å². The fourth-order valence-electron chi connectivity index (χ4n) is 1.46. The number of thioether (sulfide) groups is 1. The van der Waals surface area contributed by atoms with Gasteiger partial charge in [-0.3, -0.25) is 0 Å². The Hall–Kier alpha value is -0.580. The summed E-state index contributed by atoms with van der Waals surface area (Å²) in [4.78, 5) is 4.27. The highest BCUT2D eigenvalue weighted by Gasteiger charge is 2.02. The number of benzene rings is 2. The van der Waals surface area contributed by atoms with Gasteiger partial charge < -0.3 is 5.73 Å². The standard InChI is InChI=1S/C14H11Cl3N2S.ClH/c15-10-3-1-9(2-4-10)8-20-14(18)19-13-6-5-11(16)7-12(13)17;/h1-7H,8H2,(H2,18,19);1H. The van der Waals surface area contributed by atoms with E-state index in [1.54, 1.807) is 18.2 Å². The summed E-state index contributed by atoms with van der Waals surface area (Å²) in [6.07, 6.45) is 0. The van der Waals surface area contributed by atoms with E-state index in [0.29, 0.717) is 25.9 Å². The third kappa shape index (κ3) is 5.97. The molecule has 0 unspecified atom stereocenters. The molecule has 0 aliphatic heterocycles. The molecule has 0 aliphatic rings. The van der Waals surface area contributed by atoms with Gasteiger partial charge in [0.05, 0.1) is 10.7 Å². The summed E-state index contributed by atoms with van der Waals surface area (Å²) >= 11 is 19.1. The van der Waals surface area contributed by atoms with Crippen LogP contribution < -0.4 is 5.73 Å². The van der Waals surface area contributed by atoms with E-state index in [1.165, 1.54) is 11.8 Å². The molecule has 2 nitrogen and oxygen atoms in total. The minimum Gasteiger partial charge on any atom is -0.378 e. The zero-order chi connectivity index (χ0) is 14.5. The summed E-state index contributed by atoms with van der Waals surface area (Å²) in [6.45, 7) is 0. The van der Waals surface area contributed by atoms with E-state index < -0.39 is 0 Å². The summed E-state index contributed by atoms with van der Waals surface area (Å²) in [5.41, 5.74) is 7.62. The SMILES string of the molecule is Cl.NC(=Nc1ccc(Cl)cc1Cl)SCc1ccc(Cl)cc1. The molecule has 0 atom stereocenters. The molecule has 0 saturated heterocycles. The molecule has 2 aromatic rings. The molecule has 2 aromatic carbocycles. The Labute approximate surface area is 149 Å². The maximum atomic E-state index is 6.04. The number of aliphatic imine (C=N–C) groups is 1. The summed E-state index contributed by atoms with van der Waals surface area (Å²) in [5, 5.41) is 2.21. The van der Waals surface area contributed by atoms with Crippen LogP contribution in [0.25, 0.3) is 0 Å². The van der Waals surface area contributed by atoms with Crippen molar-refractivity contribution in [3.8, 4) is 0 Å². The summed E-state index contributed by atoms with van der Waals surface area (Å²) < 4.78 is 0. The Morgan fingerprint density at radius 3 is 2.24 bits per heavy atom. The van der Waals surface area contributed by atoms with Crippen molar-refractivity contribution < 1.29 is 0 Å². The lowest BCUT2D eigenvalue weighted by Gasteiger charge is -2.03. The van der Waals surface area contributed by atoms with E-state index >= 15 is 0 Å². The van der Waals surface area contributed by atoms with E-state index in [2.05, 4.69) is 4.99 Å². The Kier molecular flexibility index (Phi) is 7.71. The molecule has 0 aliphatic carbocycles. The summed E-state index contributed by atoms with van der Waals surface area (Å²) in [7, 11) is 0. The fraction of sp³-hybridized carbons (Fsp3) is 0.0714. The normalized spacial score (nSPS) is 11.1. The molecular weight excluding hydrogens is 370 g/mol. The van der Waals surface area contributed by atoms with Crippen LogP contribution in [0.5, 0.6) is 0 Å². The molecule has 112 valence electrons. The molecule has 0 aromatic heterocycles. The first-order valence-corrected chi connectivity index (χ1v) is 7.83. The minimum absolute atomic E-state index is 0. The van der Waals surface area contributed by atoms with Crippen LogP contribution in [0.2, 0.25) is 15.1 Å². The van der Waals surface area contributed by atoms with Gasteiger partial charge in [-0.05, 0) is 35.9 Å². The Morgan fingerprint density at radius 1 is 1.00 bits per heavy atom. The number of hydrogen-bond donors (Lipinski definition) is 1. The van der Waals surface area contributed by atoms with Crippen LogP contribution in [0, 0.1) is 0 Å². The fourth-order valence-corrected chi connectivity index (χ4v) is 2.71. The molecule has 7 heteroatoms. The first kappa shape index (κ1) is 18.5. The topological polar surface area (TPSA) is 38.4 Å². The molecular formula is C14H12Cl4N2S. The first-order valence-electron chi connectivity index (χ1n) is 5.71. The molecule has 0 fully saturated rings. The van der Waals surface area contributed by atoms with Gasteiger partial charge in [-0.1, -0.05) is 58.7 Å². The highest BCUT2D eigenvalue weighted by molar-refractivity contribution is 8.13. The molecule has 0 spiro atoms. The average Bonchev–Trinajstić information content (AvgIpc) is 2.41. The lowest BCUT2D eigenvalue weighted by Crippen LogP contribution is -2.06. The quantitative estimate of drug-likeness (QED) is 0.527. The van der Waals surface area contributed by atoms with Crippen LogP contribution in [-0.2, 0) is 5.75 Å². The van der Waals surface area contributed by atoms with Gasteiger partial charge in [0.2, 0.25) is 0 Å². The second-order valence-corrected chi connectivity index (χ2v) is 6.24. The van der Waals surface area contributed by atoms with Crippen molar-refractivity contribution in [1.29, 1.82) is 0 Å². The molecule has 21 heavy (non-hydrogen) atoms. The van der Waals surface area contributed by atoms with Crippen molar-refractivity contribution in [1.82, 2.24) is 0 Å². The van der Waals surface area contributed by atoms with Gasteiger partial charge in [-0.15, -0.1) is 12.4 Å². The average molecular weight is 382 g/mol. The van der Waals surface area contributed by atoms with Crippen molar-refractivity contribution in [2.24, 2.45) is 10.7 Å². The maximum Gasteiger partial charge on any atom is 0.159 e. The van der Waals surface area contributed by atoms with E-state index in [4.69, 9.17) is 40.5 Å². The van der Waals surface area contributed by atoms with Gasteiger partial charge in [0.15, 0.2) is 5.17 Å². The van der Waals surface area contributed by atoms with Crippen molar-refractivity contribution >= 4 is 69.8 Å². The van der Waals surface area contributed by atoms with Gasteiger partial charge in [-0.25, -0.2) is 4.99 Å². The van der Waals surface area contributed by atoms with Crippen molar-refractivity contribution in [2.45, 2.75) is 5.75 Å². The van der Waals surface area contributed by atoms with E-state index in [1.807, 2.05) is 24.3 Å². The first-order chi connectivity index (χ1) is 9.54. The van der Waals surface area contributed by atoms with Gasteiger partial charge in [0.1, 0.15) is 0 Å². The third-order valence-corrected chi connectivity index (χ3v) is 4.09. The maximum absolute atomic E-state index is 6.04. The van der Waals surface area contributed by atoms with Crippen LogP contribution in [-0.4, -0.2) is 5.17 Å². The monoisotopic (exact) mass is 380 g/mol. The van der Waals surface area contributed by atoms with E-state index in [0.717, 1.165) is 11.3 Å². The Bertz CT molecular complexity index is 629. The highest BCUT2D eigenvalue weighted by atomic mass is 35.5. The van der Waals surface area contributed by atoms with Gasteiger partial charge in [0, 0.05) is 15.8 Å². The number of amidine groups is 1. The Balaban J connectivity index is 0.00000220. The molecule has 0 bridgehead atoms. The summed E-state index contributed by atoms with van der Waals surface area (Å²) in [5.74, 6) is 0.720. The second-order valence-electron chi connectivity index (χ2n) is 3.96. The smallest absolute Gasteiger partial charge is 0.159 e. The van der Waals surface area contributed by atoms with Gasteiger partial charge >= 0.3 is 0 Å². The van der Waals surface area contributed by atoms with Crippen molar-refractivity contribution in [3.63, 3.8) is 0 Å². The zero-order valence-electron chi connectivity index (χ0n) is 10.7. The highest BCUT2D eigenvalue weighted by Crippen LogP contribution is 2.28. The predicted molar refractivity (Wildman–Crippen MR) is 97.7 cm³/mol. The van der Waals surface area contributed by atoms with Gasteiger partial charge in [-0.2, -0.15) is 0 Å². The van der Waals surface area contributed by atoms with Crippen LogP contribution in [0.4, 0.5) is 5.69 Å². The number of halogens is 4. The molecule has 0 heterocycles. The largest absolute Gasteiger partial charge is 0.378 e. The molecule has 2 N–H and O–H groups in total. The lowest BCUT2D eigenvalue weighted by molar-refractivity contribution is 1.42. The van der Waals surface area contributed by atoms with E-state index in [9.17, 15) is 0 Å². The van der Waals surface area contributed by atoms with E-state index in [-0.39, 0.29) is 12.4 Å². The lowest BCUT2D eigenvalue weighted by atomic mass is 10.2. The van der Waals surface area contributed by atoms with Crippen molar-refractivity contribution in [2.75, 3.05) is 0 Å². The summed E-state index contributed by atoms with van der Waals surface area (Å²) in [6, 6.07) is 12.7. The van der Waals surface area contributed by atoms with Crippen molar-refractivity contribution in [3.05, 3.63) is 63.1 Å². The zero-order valence-corrected chi connectivity index (χ0v) is 14.6. The minimum atomic E-state index is 0. The number of nitrogens with zero attached hydrogens (tertiary/aromatic N) is 1.